The normalized spacial score (nSPS) is 26.8. The van der Waals surface area contributed by atoms with Crippen LogP contribution in [0.5, 0.6) is 0 Å². The van der Waals surface area contributed by atoms with Gasteiger partial charge >= 0.3 is 0 Å². The minimum atomic E-state index is -0.0705. The van der Waals surface area contributed by atoms with E-state index in [2.05, 4.69) is 33.0 Å². The molecule has 0 aliphatic heterocycles. The van der Waals surface area contributed by atoms with Gasteiger partial charge in [0.25, 0.3) is 5.91 Å². The summed E-state index contributed by atoms with van der Waals surface area (Å²) in [6.07, 6.45) is 0. The van der Waals surface area contributed by atoms with Crippen molar-refractivity contribution in [1.82, 2.24) is 5.32 Å². The van der Waals surface area contributed by atoms with Crippen molar-refractivity contribution in [3.05, 3.63) is 34.9 Å². The summed E-state index contributed by atoms with van der Waals surface area (Å²) >= 11 is 0. The van der Waals surface area contributed by atoms with Crippen molar-refractivity contribution in [2.45, 2.75) is 53.6 Å². The molecule has 20 heavy (non-hydrogen) atoms. The molecule has 1 aliphatic carbocycles. The third-order valence-electron chi connectivity index (χ3n) is 5.14. The molecular weight excluding hydrogens is 248 g/mol. The molecule has 0 atom stereocenters. The van der Waals surface area contributed by atoms with Crippen LogP contribution in [0.15, 0.2) is 18.2 Å². The number of carbonyl (C=O) groups is 1. The molecule has 0 saturated heterocycles. The monoisotopic (exact) mass is 274 g/mol. The van der Waals surface area contributed by atoms with Gasteiger partial charge in [-0.05, 0) is 37.1 Å². The standard InChI is InChI=1S/C17H26N2O/c1-10-7-8-12(9-11(10)2)13(20)19-15-16(3,4)14(18)17(15,5)6/h7-9,14-15H,18H2,1-6H3,(H,19,20). The Bertz CT molecular complexity index is 530. The first-order valence-corrected chi connectivity index (χ1v) is 7.22. The van der Waals surface area contributed by atoms with Crippen LogP contribution >= 0.6 is 0 Å². The highest BCUT2D eigenvalue weighted by atomic mass is 16.1. The predicted molar refractivity (Wildman–Crippen MR) is 82.7 cm³/mol. The van der Waals surface area contributed by atoms with Gasteiger partial charge in [-0.25, -0.2) is 0 Å². The second-order valence-corrected chi connectivity index (χ2v) is 7.33. The van der Waals surface area contributed by atoms with Gasteiger partial charge in [-0.15, -0.1) is 0 Å². The van der Waals surface area contributed by atoms with Gasteiger partial charge in [0.2, 0.25) is 0 Å². The molecule has 2 rings (SSSR count). The van der Waals surface area contributed by atoms with Crippen molar-refractivity contribution in [2.75, 3.05) is 0 Å². The zero-order chi connectivity index (χ0) is 15.3. The minimum absolute atomic E-state index is 0.00819. The first kappa shape index (κ1) is 15.0. The van der Waals surface area contributed by atoms with Crippen LogP contribution in [0, 0.1) is 24.7 Å². The molecule has 3 nitrogen and oxygen atoms in total. The minimum Gasteiger partial charge on any atom is -0.348 e. The van der Waals surface area contributed by atoms with Crippen molar-refractivity contribution >= 4 is 5.91 Å². The topological polar surface area (TPSA) is 55.1 Å². The van der Waals surface area contributed by atoms with Crippen LogP contribution < -0.4 is 11.1 Å². The van der Waals surface area contributed by atoms with Crippen LogP contribution in [0.4, 0.5) is 0 Å². The first-order chi connectivity index (χ1) is 9.08. The molecule has 1 amide bonds. The Morgan fingerprint density at radius 2 is 1.65 bits per heavy atom. The molecule has 3 heteroatoms. The molecule has 0 heterocycles. The highest BCUT2D eigenvalue weighted by Crippen LogP contribution is 2.52. The Morgan fingerprint density at radius 3 is 2.15 bits per heavy atom. The summed E-state index contributed by atoms with van der Waals surface area (Å²) in [6.45, 7) is 12.6. The van der Waals surface area contributed by atoms with Gasteiger partial charge in [-0.1, -0.05) is 33.8 Å². The van der Waals surface area contributed by atoms with E-state index < -0.39 is 0 Å². The third kappa shape index (κ3) is 2.14. The maximum Gasteiger partial charge on any atom is 0.251 e. The second-order valence-electron chi connectivity index (χ2n) is 7.33. The van der Waals surface area contributed by atoms with Gasteiger partial charge < -0.3 is 11.1 Å². The lowest BCUT2D eigenvalue weighted by molar-refractivity contribution is -0.0663. The summed E-state index contributed by atoms with van der Waals surface area (Å²) < 4.78 is 0. The number of carbonyl (C=O) groups excluding carboxylic acids is 1. The molecule has 0 radical (unpaired) electrons. The van der Waals surface area contributed by atoms with Crippen molar-refractivity contribution in [1.29, 1.82) is 0 Å². The van der Waals surface area contributed by atoms with Gasteiger partial charge in [-0.3, -0.25) is 4.79 Å². The molecule has 0 spiro atoms. The molecule has 0 aromatic heterocycles. The molecule has 1 aromatic carbocycles. The highest BCUT2D eigenvalue weighted by molar-refractivity contribution is 5.94. The summed E-state index contributed by atoms with van der Waals surface area (Å²) in [7, 11) is 0. The summed E-state index contributed by atoms with van der Waals surface area (Å²) in [5.74, 6) is -0.00819. The van der Waals surface area contributed by atoms with Crippen LogP contribution in [-0.4, -0.2) is 18.0 Å². The van der Waals surface area contributed by atoms with E-state index in [9.17, 15) is 4.79 Å². The van der Waals surface area contributed by atoms with Crippen molar-refractivity contribution in [2.24, 2.45) is 16.6 Å². The Hall–Kier alpha value is -1.35. The second kappa shape index (κ2) is 4.59. The number of nitrogens with two attached hydrogens (primary N) is 1. The van der Waals surface area contributed by atoms with Gasteiger partial charge in [0.05, 0.1) is 0 Å². The Morgan fingerprint density at radius 1 is 1.10 bits per heavy atom. The lowest BCUT2D eigenvalue weighted by Gasteiger charge is -2.62. The average Bonchev–Trinajstić information content (AvgIpc) is 2.37. The van der Waals surface area contributed by atoms with Crippen molar-refractivity contribution < 1.29 is 4.79 Å². The summed E-state index contributed by atoms with van der Waals surface area (Å²) in [5, 5.41) is 3.17. The maximum absolute atomic E-state index is 12.4. The van der Waals surface area contributed by atoms with E-state index in [4.69, 9.17) is 5.73 Å². The van der Waals surface area contributed by atoms with Crippen molar-refractivity contribution in [3.63, 3.8) is 0 Å². The number of hydrogen-bond donors (Lipinski definition) is 2. The number of benzene rings is 1. The maximum atomic E-state index is 12.4. The highest BCUT2D eigenvalue weighted by Gasteiger charge is 2.60. The number of rotatable bonds is 2. The fraction of sp³-hybridized carbons (Fsp3) is 0.588. The lowest BCUT2D eigenvalue weighted by atomic mass is 9.48. The molecule has 1 aromatic rings. The summed E-state index contributed by atoms with van der Waals surface area (Å²) in [4.78, 5) is 12.4. The van der Waals surface area contributed by atoms with E-state index in [0.29, 0.717) is 0 Å². The Kier molecular flexibility index (Phi) is 3.45. The molecular formula is C17H26N2O. The molecule has 1 fully saturated rings. The van der Waals surface area contributed by atoms with Crippen LogP contribution in [0.25, 0.3) is 0 Å². The van der Waals surface area contributed by atoms with Crippen LogP contribution in [0.1, 0.15) is 49.2 Å². The third-order valence-corrected chi connectivity index (χ3v) is 5.14. The SMILES string of the molecule is Cc1ccc(C(=O)NC2C(C)(C)C(N)C2(C)C)cc1C. The van der Waals surface area contributed by atoms with E-state index in [1.807, 2.05) is 32.0 Å². The van der Waals surface area contributed by atoms with Gasteiger partial charge in [0.1, 0.15) is 0 Å². The predicted octanol–water partition coefficient (Wildman–Crippen LogP) is 2.80. The molecule has 3 N–H and O–H groups in total. The van der Waals surface area contributed by atoms with Gasteiger partial charge in [0, 0.05) is 28.5 Å². The lowest BCUT2D eigenvalue weighted by Crippen LogP contribution is -2.76. The van der Waals surface area contributed by atoms with Crippen LogP contribution in [0.3, 0.4) is 0 Å². The van der Waals surface area contributed by atoms with E-state index in [1.54, 1.807) is 0 Å². The zero-order valence-corrected chi connectivity index (χ0v) is 13.4. The molecule has 110 valence electrons. The van der Waals surface area contributed by atoms with E-state index >= 15 is 0 Å². The Balaban J connectivity index is 2.18. The average molecular weight is 274 g/mol. The van der Waals surface area contributed by atoms with E-state index in [1.165, 1.54) is 5.56 Å². The zero-order valence-electron chi connectivity index (χ0n) is 13.4. The quantitative estimate of drug-likeness (QED) is 0.871. The van der Waals surface area contributed by atoms with E-state index in [0.717, 1.165) is 11.1 Å². The number of aryl methyl sites for hydroxylation is 2. The number of nitrogens with one attached hydrogen (secondary N) is 1. The first-order valence-electron chi connectivity index (χ1n) is 7.22. The van der Waals surface area contributed by atoms with Crippen LogP contribution in [-0.2, 0) is 0 Å². The fourth-order valence-corrected chi connectivity index (χ4v) is 3.65. The van der Waals surface area contributed by atoms with Crippen molar-refractivity contribution in [3.8, 4) is 0 Å². The molecule has 0 unspecified atom stereocenters. The molecule has 1 aliphatic rings. The van der Waals surface area contributed by atoms with Gasteiger partial charge in [-0.2, -0.15) is 0 Å². The summed E-state index contributed by atoms with van der Waals surface area (Å²) in [6, 6.07) is 6.02. The molecule has 1 saturated carbocycles. The smallest absolute Gasteiger partial charge is 0.251 e. The summed E-state index contributed by atoms with van der Waals surface area (Å²) in [5.41, 5.74) is 9.15. The number of amides is 1. The fourth-order valence-electron chi connectivity index (χ4n) is 3.65. The number of hydrogen-bond acceptors (Lipinski definition) is 2. The van der Waals surface area contributed by atoms with Gasteiger partial charge in [0.15, 0.2) is 0 Å². The molecule has 0 bridgehead atoms. The largest absolute Gasteiger partial charge is 0.348 e. The van der Waals surface area contributed by atoms with E-state index in [-0.39, 0.29) is 28.8 Å². The Labute approximate surface area is 121 Å². The van der Waals surface area contributed by atoms with Crippen LogP contribution in [0.2, 0.25) is 0 Å².